The molecular formula is C48H76N2O19. The molecule has 0 aliphatic carbocycles. The van der Waals surface area contributed by atoms with Gasteiger partial charge in [-0.3, -0.25) is 33.6 Å². The molecule has 0 spiro atoms. The smallest absolute Gasteiger partial charge is 0.306 e. The van der Waals surface area contributed by atoms with Crippen molar-refractivity contribution in [2.24, 2.45) is 11.8 Å². The van der Waals surface area contributed by atoms with Gasteiger partial charge in [0.25, 0.3) is 0 Å². The van der Waals surface area contributed by atoms with Gasteiger partial charge in [-0.2, -0.15) is 0 Å². The number of benzene rings is 1. The first-order valence-electron chi connectivity index (χ1n) is 23.6. The molecule has 3 saturated heterocycles. The molecule has 10 atom stereocenters. The Morgan fingerprint density at radius 2 is 1.06 bits per heavy atom. The monoisotopic (exact) mass is 985 g/mol. The fraction of sp³-hybridized carbons (Fsp3) is 0.729. The van der Waals surface area contributed by atoms with Crippen LogP contribution in [0.1, 0.15) is 100.0 Å². The number of ether oxygens (including phenoxy) is 12. The summed E-state index contributed by atoms with van der Waals surface area (Å²) in [4.78, 5) is 81.1. The van der Waals surface area contributed by atoms with E-state index in [-0.39, 0.29) is 69.8 Å². The summed E-state index contributed by atoms with van der Waals surface area (Å²) in [6, 6.07) is 7.96. The number of nitrogens with one attached hydrogen (secondary N) is 2. The third kappa shape index (κ3) is 25.6. The van der Waals surface area contributed by atoms with Crippen LogP contribution in [-0.4, -0.2) is 157 Å². The van der Waals surface area contributed by atoms with E-state index >= 15 is 0 Å². The van der Waals surface area contributed by atoms with E-state index in [1.165, 1.54) is 54.4 Å². The standard InChI is InChI=1S/C26H37NO10.C18H31NO8.C4H8O/c1-17-22(16-34-19(3)29)37-26(24(27-18(2)28)25(17)36-20(4)30)33-14-13-32-12-8-11-23(31)35-15-21-9-6-5-7-10-21;1-6-7-23-8-9-24-18-16(19-12(3)20)17(26-14(5)22)11(2)15(27-18)10-25-13(4)21;1-2-4-5-3-1/h5-7,9-10,17,22,24-26H,8,11-16H2,1-4H3,(H,27,28);11,15-18H,6-10H2,1-5H3,(H,19,20);1-4H2/t17-,22+,24+,25-,26+;11-,15+,16+,17-,18+;/m00./s1. The van der Waals surface area contributed by atoms with E-state index in [4.69, 9.17) is 56.8 Å². The molecule has 4 rings (SSSR count). The quantitative estimate of drug-likeness (QED) is 0.0854. The highest BCUT2D eigenvalue weighted by Gasteiger charge is 2.48. The number of carbonyl (C=O) groups excluding carboxylic acids is 7. The fourth-order valence-corrected chi connectivity index (χ4v) is 7.16. The number of carbonyl (C=O) groups is 7. The Kier molecular flexibility index (Phi) is 30.2. The van der Waals surface area contributed by atoms with Gasteiger partial charge < -0.3 is 67.5 Å². The van der Waals surface area contributed by atoms with E-state index in [9.17, 15) is 33.6 Å². The van der Waals surface area contributed by atoms with Crippen molar-refractivity contribution in [3.8, 4) is 0 Å². The first kappa shape index (κ1) is 60.4. The van der Waals surface area contributed by atoms with Crippen molar-refractivity contribution in [3.63, 3.8) is 0 Å². The highest BCUT2D eigenvalue weighted by Crippen LogP contribution is 2.31. The van der Waals surface area contributed by atoms with Crippen LogP contribution in [0.3, 0.4) is 0 Å². The van der Waals surface area contributed by atoms with Gasteiger partial charge in [0.2, 0.25) is 11.8 Å². The van der Waals surface area contributed by atoms with Gasteiger partial charge in [0.15, 0.2) is 12.6 Å². The molecule has 3 aliphatic heterocycles. The molecule has 392 valence electrons. The van der Waals surface area contributed by atoms with Crippen LogP contribution < -0.4 is 10.6 Å². The molecular weight excluding hydrogens is 909 g/mol. The molecule has 2 amide bonds. The Morgan fingerprint density at radius 3 is 1.45 bits per heavy atom. The van der Waals surface area contributed by atoms with Crippen LogP contribution in [0, 0.1) is 11.8 Å². The lowest BCUT2D eigenvalue weighted by Gasteiger charge is -2.44. The maximum absolute atomic E-state index is 11.9. The Labute approximate surface area is 405 Å². The van der Waals surface area contributed by atoms with Crippen molar-refractivity contribution in [1.29, 1.82) is 0 Å². The second-order valence-electron chi connectivity index (χ2n) is 16.5. The second kappa shape index (κ2) is 34.5. The van der Waals surface area contributed by atoms with Crippen molar-refractivity contribution in [2.75, 3.05) is 66.1 Å². The summed E-state index contributed by atoms with van der Waals surface area (Å²) >= 11 is 0. The van der Waals surface area contributed by atoms with E-state index in [0.29, 0.717) is 26.2 Å². The summed E-state index contributed by atoms with van der Waals surface area (Å²) in [5.74, 6) is -3.60. The summed E-state index contributed by atoms with van der Waals surface area (Å²) in [5.41, 5.74) is 0.923. The van der Waals surface area contributed by atoms with Crippen LogP contribution in [0.2, 0.25) is 0 Å². The summed E-state index contributed by atoms with van der Waals surface area (Å²) in [5, 5.41) is 5.47. The zero-order valence-electron chi connectivity index (χ0n) is 41.7. The number of hydrogen-bond donors (Lipinski definition) is 2. The largest absolute Gasteiger partial charge is 0.463 e. The van der Waals surface area contributed by atoms with Gasteiger partial charge in [-0.25, -0.2) is 0 Å². The first-order valence-corrected chi connectivity index (χ1v) is 23.6. The zero-order chi connectivity index (χ0) is 51.1. The molecule has 2 N–H and O–H groups in total. The molecule has 0 unspecified atom stereocenters. The Balaban J connectivity index is 0.000000445. The van der Waals surface area contributed by atoms with Gasteiger partial charge >= 0.3 is 29.8 Å². The lowest BCUT2D eigenvalue weighted by Crippen LogP contribution is -2.63. The minimum atomic E-state index is -0.971. The van der Waals surface area contributed by atoms with E-state index in [1.54, 1.807) is 13.8 Å². The number of amides is 2. The van der Waals surface area contributed by atoms with E-state index in [0.717, 1.165) is 25.2 Å². The van der Waals surface area contributed by atoms with Gasteiger partial charge in [0.05, 0.1) is 26.4 Å². The second-order valence-corrected chi connectivity index (χ2v) is 16.5. The predicted octanol–water partition coefficient (Wildman–Crippen LogP) is 3.49. The van der Waals surface area contributed by atoms with Crippen LogP contribution in [0.25, 0.3) is 0 Å². The van der Waals surface area contributed by atoms with Crippen molar-refractivity contribution < 1.29 is 90.4 Å². The predicted molar refractivity (Wildman–Crippen MR) is 245 cm³/mol. The van der Waals surface area contributed by atoms with Gasteiger partial charge in [-0.15, -0.1) is 0 Å². The SMILES string of the molecule is C1CCOC1.CC(=O)N[C@H]1[C@H](OCCOCCCC(=O)OCc2ccccc2)O[C@H](COC(C)=O)[C@H](C)[C@@H]1OC(C)=O.CCCOCCO[C@@H]1O[C@H](COC(C)=O)[C@H](C)[C@H](OC(C)=O)[C@H]1NC(C)=O. The topological polar surface area (TPSA) is 254 Å². The maximum atomic E-state index is 11.9. The molecule has 3 aliphatic rings. The summed E-state index contributed by atoms with van der Waals surface area (Å²) in [7, 11) is 0. The average molecular weight is 985 g/mol. The molecule has 21 nitrogen and oxygen atoms in total. The van der Waals surface area contributed by atoms with Crippen LogP contribution >= 0.6 is 0 Å². The number of esters is 5. The molecule has 0 saturated carbocycles. The van der Waals surface area contributed by atoms with Crippen LogP contribution in [0.5, 0.6) is 0 Å². The normalized spacial score (nSPS) is 24.9. The molecule has 3 heterocycles. The van der Waals surface area contributed by atoms with Crippen molar-refractivity contribution in [1.82, 2.24) is 10.6 Å². The minimum Gasteiger partial charge on any atom is -0.463 e. The third-order valence-corrected chi connectivity index (χ3v) is 10.5. The maximum Gasteiger partial charge on any atom is 0.306 e. The molecule has 0 aromatic heterocycles. The highest BCUT2D eigenvalue weighted by atomic mass is 16.7. The first-order chi connectivity index (χ1) is 32.9. The zero-order valence-corrected chi connectivity index (χ0v) is 41.7. The summed E-state index contributed by atoms with van der Waals surface area (Å²) in [6.45, 7) is 17.5. The fourth-order valence-electron chi connectivity index (χ4n) is 7.16. The molecule has 0 radical (unpaired) electrons. The lowest BCUT2D eigenvalue weighted by atomic mass is 9.89. The van der Waals surface area contributed by atoms with Crippen molar-refractivity contribution >= 4 is 41.7 Å². The molecule has 0 bridgehead atoms. The Bertz CT molecular complexity index is 1670. The van der Waals surface area contributed by atoms with Gasteiger partial charge in [0.1, 0.15) is 56.3 Å². The van der Waals surface area contributed by atoms with Crippen LogP contribution in [0.15, 0.2) is 30.3 Å². The van der Waals surface area contributed by atoms with E-state index < -0.39 is 78.9 Å². The van der Waals surface area contributed by atoms with Crippen molar-refractivity contribution in [2.45, 2.75) is 150 Å². The van der Waals surface area contributed by atoms with Gasteiger partial charge in [0, 0.05) is 86.2 Å². The van der Waals surface area contributed by atoms with Gasteiger partial charge in [-0.1, -0.05) is 51.1 Å². The highest BCUT2D eigenvalue weighted by molar-refractivity contribution is 5.74. The van der Waals surface area contributed by atoms with E-state index in [1.807, 2.05) is 37.3 Å². The minimum absolute atomic E-state index is 0.00670. The number of rotatable bonds is 24. The molecule has 1 aromatic rings. The van der Waals surface area contributed by atoms with Crippen LogP contribution in [-0.2, 0) is 97.0 Å². The van der Waals surface area contributed by atoms with E-state index in [2.05, 4.69) is 10.6 Å². The van der Waals surface area contributed by atoms with Gasteiger partial charge in [-0.05, 0) is 31.2 Å². The molecule has 21 heteroatoms. The van der Waals surface area contributed by atoms with Crippen molar-refractivity contribution in [3.05, 3.63) is 35.9 Å². The molecule has 3 fully saturated rings. The third-order valence-electron chi connectivity index (χ3n) is 10.5. The van der Waals surface area contributed by atoms with Crippen LogP contribution in [0.4, 0.5) is 0 Å². The Morgan fingerprint density at radius 1 is 0.594 bits per heavy atom. The Hall–Kier alpha value is -4.77. The average Bonchev–Trinajstić information content (AvgIpc) is 3.89. The summed E-state index contributed by atoms with van der Waals surface area (Å²) in [6.07, 6.45) is -0.309. The summed E-state index contributed by atoms with van der Waals surface area (Å²) < 4.78 is 65.6. The number of hydrogen-bond acceptors (Lipinski definition) is 19. The lowest BCUT2D eigenvalue weighted by molar-refractivity contribution is -0.262. The molecule has 69 heavy (non-hydrogen) atoms. The molecule has 1 aromatic carbocycles.